The van der Waals surface area contributed by atoms with Crippen LogP contribution >= 0.6 is 0 Å². The Morgan fingerprint density at radius 1 is 1.32 bits per heavy atom. The fraction of sp³-hybridized carbons (Fsp3) is 0.286. The first kappa shape index (κ1) is 14.9. The predicted molar refractivity (Wildman–Crippen MR) is 69.9 cm³/mol. The molecule has 0 unspecified atom stereocenters. The van der Waals surface area contributed by atoms with Gasteiger partial charge in [0.15, 0.2) is 0 Å². The minimum Gasteiger partial charge on any atom is -0.481 e. The van der Waals surface area contributed by atoms with Crippen LogP contribution in [0.1, 0.15) is 24.8 Å². The van der Waals surface area contributed by atoms with Crippen molar-refractivity contribution < 1.29 is 19.1 Å². The van der Waals surface area contributed by atoms with E-state index in [1.54, 1.807) is 12.1 Å². The van der Waals surface area contributed by atoms with E-state index < -0.39 is 5.97 Å². The molecule has 1 aromatic rings. The lowest BCUT2D eigenvalue weighted by Gasteiger charge is -2.00. The number of carbonyl (C=O) groups is 2. The minimum absolute atomic E-state index is 0.106. The second-order valence-corrected chi connectivity index (χ2v) is 4.03. The van der Waals surface area contributed by atoms with E-state index in [1.807, 2.05) is 0 Å². The van der Waals surface area contributed by atoms with Crippen molar-refractivity contribution >= 4 is 18.0 Å². The molecule has 102 valence electrons. The van der Waals surface area contributed by atoms with Crippen molar-refractivity contribution in [2.75, 3.05) is 6.54 Å². The summed E-state index contributed by atoms with van der Waals surface area (Å²) >= 11 is 0. The van der Waals surface area contributed by atoms with Crippen molar-refractivity contribution in [3.63, 3.8) is 0 Å². The minimum atomic E-state index is -0.836. The number of halogens is 1. The molecule has 4 nitrogen and oxygen atoms in total. The van der Waals surface area contributed by atoms with E-state index in [0.29, 0.717) is 24.9 Å². The molecule has 0 radical (unpaired) electrons. The van der Waals surface area contributed by atoms with Gasteiger partial charge in [-0.3, -0.25) is 9.59 Å². The first-order valence-corrected chi connectivity index (χ1v) is 6.01. The average molecular weight is 265 g/mol. The van der Waals surface area contributed by atoms with Crippen molar-refractivity contribution in [3.05, 3.63) is 41.7 Å². The lowest BCUT2D eigenvalue weighted by atomic mass is 10.2. The van der Waals surface area contributed by atoms with Gasteiger partial charge in [-0.25, -0.2) is 4.39 Å². The standard InChI is InChI=1S/C14H16FNO3/c15-12-5-3-4-11(10-12)7-8-13(17)16-9-2-1-6-14(18)19/h3-5,7-8,10H,1-2,6,9H2,(H,16,17)(H,18,19). The number of hydrogen-bond acceptors (Lipinski definition) is 2. The maximum atomic E-state index is 12.9. The van der Waals surface area contributed by atoms with Crippen LogP contribution in [0.3, 0.4) is 0 Å². The molecule has 0 saturated carbocycles. The van der Waals surface area contributed by atoms with Crippen LogP contribution in [0.25, 0.3) is 6.08 Å². The Morgan fingerprint density at radius 3 is 2.79 bits per heavy atom. The summed E-state index contributed by atoms with van der Waals surface area (Å²) in [5.74, 6) is -1.46. The van der Waals surface area contributed by atoms with Crippen molar-refractivity contribution in [1.82, 2.24) is 5.32 Å². The van der Waals surface area contributed by atoms with Crippen LogP contribution in [-0.4, -0.2) is 23.5 Å². The van der Waals surface area contributed by atoms with Crippen molar-refractivity contribution in [1.29, 1.82) is 0 Å². The maximum Gasteiger partial charge on any atom is 0.303 e. The molecule has 0 atom stereocenters. The Kier molecular flexibility index (Phi) is 6.29. The van der Waals surface area contributed by atoms with Gasteiger partial charge in [-0.05, 0) is 36.6 Å². The molecular formula is C14H16FNO3. The summed E-state index contributed by atoms with van der Waals surface area (Å²) in [6.45, 7) is 0.430. The van der Waals surface area contributed by atoms with Gasteiger partial charge < -0.3 is 10.4 Å². The topological polar surface area (TPSA) is 66.4 Å². The number of benzene rings is 1. The molecule has 19 heavy (non-hydrogen) atoms. The summed E-state index contributed by atoms with van der Waals surface area (Å²) in [6, 6.07) is 5.93. The summed E-state index contributed by atoms with van der Waals surface area (Å²) in [7, 11) is 0. The van der Waals surface area contributed by atoms with Crippen molar-refractivity contribution in [2.24, 2.45) is 0 Å². The highest BCUT2D eigenvalue weighted by molar-refractivity contribution is 5.91. The third kappa shape index (κ3) is 6.98. The first-order chi connectivity index (χ1) is 9.08. The Balaban J connectivity index is 2.25. The number of unbranched alkanes of at least 4 members (excludes halogenated alkanes) is 1. The average Bonchev–Trinajstić information content (AvgIpc) is 2.35. The van der Waals surface area contributed by atoms with Crippen LogP contribution in [0, 0.1) is 5.82 Å². The molecule has 2 N–H and O–H groups in total. The van der Waals surface area contributed by atoms with Crippen molar-refractivity contribution in [3.8, 4) is 0 Å². The molecule has 5 heteroatoms. The summed E-state index contributed by atoms with van der Waals surface area (Å²) in [5, 5.41) is 11.1. The Labute approximate surface area is 110 Å². The van der Waals surface area contributed by atoms with Gasteiger partial charge in [-0.2, -0.15) is 0 Å². The van der Waals surface area contributed by atoms with E-state index in [1.165, 1.54) is 24.3 Å². The van der Waals surface area contributed by atoms with E-state index in [2.05, 4.69) is 5.32 Å². The number of hydrogen-bond donors (Lipinski definition) is 2. The third-order valence-corrected chi connectivity index (χ3v) is 2.39. The number of amides is 1. The van der Waals surface area contributed by atoms with Gasteiger partial charge in [-0.15, -0.1) is 0 Å². The molecule has 1 amide bonds. The van der Waals surface area contributed by atoms with Crippen LogP contribution in [0.4, 0.5) is 4.39 Å². The number of aliphatic carboxylic acids is 1. The van der Waals surface area contributed by atoms with E-state index in [-0.39, 0.29) is 18.1 Å². The van der Waals surface area contributed by atoms with Gasteiger partial charge in [0.2, 0.25) is 5.91 Å². The second kappa shape index (κ2) is 8.02. The SMILES string of the molecule is O=C(O)CCCCNC(=O)C=Cc1cccc(F)c1. The second-order valence-electron chi connectivity index (χ2n) is 4.03. The highest BCUT2D eigenvalue weighted by atomic mass is 19.1. The maximum absolute atomic E-state index is 12.9. The number of carboxylic acid groups (broad SMARTS) is 1. The van der Waals surface area contributed by atoms with Gasteiger partial charge in [-0.1, -0.05) is 12.1 Å². The monoisotopic (exact) mass is 265 g/mol. The van der Waals surface area contributed by atoms with E-state index in [0.717, 1.165) is 0 Å². The molecule has 0 spiro atoms. The van der Waals surface area contributed by atoms with Crippen LogP contribution in [-0.2, 0) is 9.59 Å². The molecule has 0 aliphatic heterocycles. The normalized spacial score (nSPS) is 10.6. The summed E-state index contributed by atoms with van der Waals surface area (Å²) in [4.78, 5) is 21.6. The van der Waals surface area contributed by atoms with Gasteiger partial charge in [0, 0.05) is 19.0 Å². The summed E-state index contributed by atoms with van der Waals surface area (Å²) < 4.78 is 12.9. The smallest absolute Gasteiger partial charge is 0.303 e. The molecule has 0 aromatic heterocycles. The fourth-order valence-corrected chi connectivity index (χ4v) is 1.45. The molecule has 0 aliphatic rings. The predicted octanol–water partition coefficient (Wildman–Crippen LogP) is 2.21. The largest absolute Gasteiger partial charge is 0.481 e. The quantitative estimate of drug-likeness (QED) is 0.586. The zero-order valence-corrected chi connectivity index (χ0v) is 10.4. The highest BCUT2D eigenvalue weighted by Gasteiger charge is 1.98. The van der Waals surface area contributed by atoms with Crippen LogP contribution in [0.2, 0.25) is 0 Å². The Morgan fingerprint density at radius 2 is 2.11 bits per heavy atom. The Hall–Kier alpha value is -2.17. The molecule has 0 aliphatic carbocycles. The molecule has 0 bridgehead atoms. The summed E-state index contributed by atoms with van der Waals surface area (Å²) in [5.41, 5.74) is 0.612. The van der Waals surface area contributed by atoms with Crippen LogP contribution in [0.5, 0.6) is 0 Å². The zero-order valence-electron chi connectivity index (χ0n) is 10.4. The number of carboxylic acids is 1. The van der Waals surface area contributed by atoms with Gasteiger partial charge in [0.1, 0.15) is 5.82 Å². The van der Waals surface area contributed by atoms with E-state index >= 15 is 0 Å². The lowest BCUT2D eigenvalue weighted by Crippen LogP contribution is -2.22. The van der Waals surface area contributed by atoms with Crippen molar-refractivity contribution in [2.45, 2.75) is 19.3 Å². The lowest BCUT2D eigenvalue weighted by molar-refractivity contribution is -0.137. The van der Waals surface area contributed by atoms with Crippen LogP contribution < -0.4 is 5.32 Å². The molecule has 0 fully saturated rings. The first-order valence-electron chi connectivity index (χ1n) is 6.01. The highest BCUT2D eigenvalue weighted by Crippen LogP contribution is 2.05. The molecule has 1 aromatic carbocycles. The Bertz CT molecular complexity index is 472. The molecule has 0 heterocycles. The third-order valence-electron chi connectivity index (χ3n) is 2.39. The fourth-order valence-electron chi connectivity index (χ4n) is 1.45. The molecule has 0 saturated heterocycles. The van der Waals surface area contributed by atoms with Gasteiger partial charge >= 0.3 is 5.97 Å². The van der Waals surface area contributed by atoms with E-state index in [4.69, 9.17) is 5.11 Å². The number of carbonyl (C=O) groups excluding carboxylic acids is 1. The summed E-state index contributed by atoms with van der Waals surface area (Å²) in [6.07, 6.45) is 4.10. The zero-order chi connectivity index (χ0) is 14.1. The number of nitrogens with one attached hydrogen (secondary N) is 1. The van der Waals surface area contributed by atoms with Gasteiger partial charge in [0.05, 0.1) is 0 Å². The number of rotatable bonds is 7. The van der Waals surface area contributed by atoms with Crippen LogP contribution in [0.15, 0.2) is 30.3 Å². The van der Waals surface area contributed by atoms with Gasteiger partial charge in [0.25, 0.3) is 0 Å². The molecular weight excluding hydrogens is 249 g/mol. The molecule has 1 rings (SSSR count). The van der Waals surface area contributed by atoms with E-state index in [9.17, 15) is 14.0 Å².